The van der Waals surface area contributed by atoms with Crippen molar-refractivity contribution < 1.29 is 24.4 Å². The standard InChI is InChI=1S/C41H41BN2O5/c1-2-11-30-25-34-39(41(47)44(40(34)46)33-21-19-32(20-22-33)43-31-15-7-4-8-16-31)35-26-42(48)49-37(38(30)35)23-18-28(27-12-5-3-6-13-27)24-29-14-9-10-17-36(29)45/h3-10,12-17,19-22,24,34-35,37,39,43,45,48H,2,11,18,23,25-26H2,1H3/b28-24-/t34-,35+,37-,39-/m1/s1. The maximum Gasteiger partial charge on any atom is 0.455 e. The van der Waals surface area contributed by atoms with Crippen LogP contribution in [0, 0.1) is 17.8 Å². The van der Waals surface area contributed by atoms with Gasteiger partial charge in [-0.2, -0.15) is 0 Å². The van der Waals surface area contributed by atoms with Crippen LogP contribution in [0.2, 0.25) is 6.32 Å². The molecule has 0 spiro atoms. The van der Waals surface area contributed by atoms with Crippen molar-refractivity contribution in [2.45, 2.75) is 51.5 Å². The van der Waals surface area contributed by atoms with Crippen LogP contribution in [0.15, 0.2) is 120 Å². The second kappa shape index (κ2) is 14.3. The van der Waals surface area contributed by atoms with E-state index in [0.29, 0.717) is 24.9 Å². The van der Waals surface area contributed by atoms with E-state index in [1.165, 1.54) is 10.5 Å². The highest BCUT2D eigenvalue weighted by atomic mass is 16.5. The van der Waals surface area contributed by atoms with E-state index in [9.17, 15) is 19.7 Å². The molecule has 2 fully saturated rings. The minimum absolute atomic E-state index is 0.166. The Hall–Kier alpha value is -4.92. The molecule has 4 aromatic rings. The van der Waals surface area contributed by atoms with E-state index < -0.39 is 25.1 Å². The Balaban J connectivity index is 1.16. The predicted octanol–water partition coefficient (Wildman–Crippen LogP) is 8.26. The van der Waals surface area contributed by atoms with Gasteiger partial charge < -0.3 is 20.1 Å². The summed E-state index contributed by atoms with van der Waals surface area (Å²) in [6.07, 6.45) is 5.35. The fraction of sp³-hybridized carbons (Fsp3) is 0.268. The molecule has 3 aliphatic rings. The van der Waals surface area contributed by atoms with Gasteiger partial charge in [-0.3, -0.25) is 14.5 Å². The van der Waals surface area contributed by atoms with E-state index in [4.69, 9.17) is 4.65 Å². The maximum absolute atomic E-state index is 14.3. The number of fused-ring (bicyclic) bond motifs is 3. The van der Waals surface area contributed by atoms with Gasteiger partial charge in [-0.05, 0) is 103 Å². The first kappa shape index (κ1) is 32.6. The number of hydrogen-bond donors (Lipinski definition) is 3. The Kier molecular flexibility index (Phi) is 9.51. The number of imide groups is 1. The van der Waals surface area contributed by atoms with Crippen LogP contribution < -0.4 is 10.2 Å². The van der Waals surface area contributed by atoms with E-state index in [1.54, 1.807) is 12.1 Å². The van der Waals surface area contributed by atoms with Crippen LogP contribution in [0.5, 0.6) is 5.75 Å². The number of para-hydroxylation sites is 2. The Morgan fingerprint density at radius 2 is 1.55 bits per heavy atom. The second-order valence-electron chi connectivity index (χ2n) is 13.2. The van der Waals surface area contributed by atoms with E-state index in [2.05, 4.69) is 24.4 Å². The average Bonchev–Trinajstić information content (AvgIpc) is 3.37. The minimum Gasteiger partial charge on any atom is -0.507 e. The van der Waals surface area contributed by atoms with Crippen LogP contribution in [0.25, 0.3) is 11.6 Å². The third kappa shape index (κ3) is 6.71. The smallest absolute Gasteiger partial charge is 0.455 e. The van der Waals surface area contributed by atoms with Crippen molar-refractivity contribution in [1.29, 1.82) is 0 Å². The molecule has 3 N–H and O–H groups in total. The summed E-state index contributed by atoms with van der Waals surface area (Å²) in [6.45, 7) is 2.13. The third-order valence-corrected chi connectivity index (χ3v) is 10.1. The van der Waals surface area contributed by atoms with E-state index in [1.807, 2.05) is 91.0 Å². The van der Waals surface area contributed by atoms with Gasteiger partial charge in [0.05, 0.1) is 23.6 Å². The molecular weight excluding hydrogens is 611 g/mol. The lowest BCUT2D eigenvalue weighted by Gasteiger charge is -2.43. The highest BCUT2D eigenvalue weighted by Crippen LogP contribution is 2.52. The number of allylic oxidation sites excluding steroid dienone is 2. The number of amides is 2. The summed E-state index contributed by atoms with van der Waals surface area (Å²) in [7, 11) is -1.04. The number of phenolic OH excluding ortho intramolecular Hbond substituents is 1. The molecule has 4 atom stereocenters. The van der Waals surface area contributed by atoms with Gasteiger partial charge in [-0.25, -0.2) is 0 Å². The predicted molar refractivity (Wildman–Crippen MR) is 195 cm³/mol. The largest absolute Gasteiger partial charge is 0.507 e. The zero-order valence-corrected chi connectivity index (χ0v) is 27.7. The first-order chi connectivity index (χ1) is 23.9. The summed E-state index contributed by atoms with van der Waals surface area (Å²) in [5, 5.41) is 25.0. The van der Waals surface area contributed by atoms with Gasteiger partial charge in [0.1, 0.15) is 5.75 Å². The first-order valence-electron chi connectivity index (χ1n) is 17.3. The highest BCUT2D eigenvalue weighted by Gasteiger charge is 2.57. The fourth-order valence-corrected chi connectivity index (χ4v) is 7.97. The summed E-state index contributed by atoms with van der Waals surface area (Å²) < 4.78 is 6.28. The molecule has 49 heavy (non-hydrogen) atoms. The van der Waals surface area contributed by atoms with Crippen molar-refractivity contribution in [3.8, 4) is 5.75 Å². The van der Waals surface area contributed by atoms with Gasteiger partial charge in [0, 0.05) is 16.9 Å². The van der Waals surface area contributed by atoms with Gasteiger partial charge in [0.2, 0.25) is 11.8 Å². The number of rotatable bonds is 10. The number of nitrogens with one attached hydrogen (secondary N) is 1. The second-order valence-corrected chi connectivity index (χ2v) is 13.2. The number of carbonyl (C=O) groups is 2. The molecular formula is C41H41BN2O5. The van der Waals surface area contributed by atoms with Crippen molar-refractivity contribution in [3.63, 3.8) is 0 Å². The molecule has 0 unspecified atom stereocenters. The topological polar surface area (TPSA) is 99.1 Å². The Morgan fingerprint density at radius 1 is 0.878 bits per heavy atom. The van der Waals surface area contributed by atoms with Crippen molar-refractivity contribution >= 4 is 47.6 Å². The van der Waals surface area contributed by atoms with Gasteiger partial charge in [0.25, 0.3) is 0 Å². The minimum atomic E-state index is -1.04. The zero-order valence-electron chi connectivity index (χ0n) is 27.7. The molecule has 7 rings (SSSR count). The van der Waals surface area contributed by atoms with E-state index >= 15 is 0 Å². The Morgan fingerprint density at radius 3 is 2.27 bits per heavy atom. The summed E-state index contributed by atoms with van der Waals surface area (Å²) in [4.78, 5) is 29.7. The van der Waals surface area contributed by atoms with Crippen LogP contribution in [-0.2, 0) is 14.2 Å². The summed E-state index contributed by atoms with van der Waals surface area (Å²) in [6, 6.07) is 34.6. The van der Waals surface area contributed by atoms with Crippen molar-refractivity contribution in [2.24, 2.45) is 17.8 Å². The quantitative estimate of drug-likeness (QED) is 0.0691. The van der Waals surface area contributed by atoms with Gasteiger partial charge >= 0.3 is 7.12 Å². The average molecular weight is 653 g/mol. The normalized spacial score (nSPS) is 22.3. The SMILES string of the molecule is CCCC1=C2[C@@H](CC/C(=C/c3ccccc3O)c3ccccc3)OB(O)C[C@@H]2[C@@H]2C(=O)N(c3ccc(Nc4ccccc4)cc3)C(=O)[C@@H]2C1. The number of nitrogens with zero attached hydrogens (tertiary/aromatic N) is 1. The molecule has 7 nitrogen and oxygen atoms in total. The molecule has 2 saturated heterocycles. The van der Waals surface area contributed by atoms with Crippen LogP contribution in [-0.4, -0.2) is 35.2 Å². The van der Waals surface area contributed by atoms with Crippen molar-refractivity contribution in [2.75, 3.05) is 10.2 Å². The molecule has 0 bridgehead atoms. The number of carbonyl (C=O) groups excluding carboxylic acids is 2. The molecule has 248 valence electrons. The van der Waals surface area contributed by atoms with Gasteiger partial charge in [0.15, 0.2) is 0 Å². The molecule has 2 heterocycles. The van der Waals surface area contributed by atoms with Crippen LogP contribution in [0.1, 0.15) is 50.2 Å². The molecule has 0 saturated carbocycles. The molecule has 1 aliphatic carbocycles. The summed E-state index contributed by atoms with van der Waals surface area (Å²) >= 11 is 0. The lowest BCUT2D eigenvalue weighted by atomic mass is 9.58. The molecule has 4 aromatic carbocycles. The monoisotopic (exact) mass is 652 g/mol. The first-order valence-corrected chi connectivity index (χ1v) is 17.3. The Labute approximate surface area is 288 Å². The third-order valence-electron chi connectivity index (χ3n) is 10.1. The highest BCUT2D eigenvalue weighted by molar-refractivity contribution is 6.43. The number of phenols is 1. The lowest BCUT2D eigenvalue weighted by Crippen LogP contribution is -2.46. The summed E-state index contributed by atoms with van der Waals surface area (Å²) in [5.41, 5.74) is 7.47. The molecule has 0 aromatic heterocycles. The summed E-state index contributed by atoms with van der Waals surface area (Å²) in [5.74, 6) is -1.44. The maximum atomic E-state index is 14.3. The zero-order chi connectivity index (χ0) is 33.9. The number of benzene rings is 4. The fourth-order valence-electron chi connectivity index (χ4n) is 7.97. The van der Waals surface area contributed by atoms with Crippen LogP contribution in [0.3, 0.4) is 0 Å². The number of aromatic hydroxyl groups is 1. The molecule has 0 radical (unpaired) electrons. The van der Waals surface area contributed by atoms with Crippen molar-refractivity contribution in [1.82, 2.24) is 0 Å². The van der Waals surface area contributed by atoms with Crippen molar-refractivity contribution in [3.05, 3.63) is 131 Å². The van der Waals surface area contributed by atoms with Gasteiger partial charge in [-0.1, -0.05) is 85.6 Å². The molecule has 2 amide bonds. The Bertz CT molecular complexity index is 1880. The van der Waals surface area contributed by atoms with E-state index in [0.717, 1.165) is 46.5 Å². The molecule has 2 aliphatic heterocycles. The molecule has 8 heteroatoms. The van der Waals surface area contributed by atoms with Crippen LogP contribution in [0.4, 0.5) is 17.1 Å². The number of anilines is 3. The number of hydrogen-bond acceptors (Lipinski definition) is 6. The van der Waals surface area contributed by atoms with Crippen LogP contribution >= 0.6 is 0 Å². The van der Waals surface area contributed by atoms with Gasteiger partial charge in [-0.15, -0.1) is 0 Å². The lowest BCUT2D eigenvalue weighted by molar-refractivity contribution is -0.122. The van der Waals surface area contributed by atoms with E-state index in [-0.39, 0.29) is 29.8 Å².